The Balaban J connectivity index is 0.00000364. The minimum Gasteiger partial charge on any atom is -0.550 e. The number of hydrogen-bond donors (Lipinski definition) is 0. The van der Waals surface area contributed by atoms with Crippen LogP contribution in [0.25, 0.3) is 0 Å². The number of rotatable bonds is 8. The van der Waals surface area contributed by atoms with Crippen LogP contribution >= 0.6 is 0 Å². The van der Waals surface area contributed by atoms with Gasteiger partial charge in [0.2, 0.25) is 0 Å². The van der Waals surface area contributed by atoms with E-state index in [9.17, 15) is 23.1 Å². The van der Waals surface area contributed by atoms with Gasteiger partial charge in [-0.1, -0.05) is 17.3 Å². The summed E-state index contributed by atoms with van der Waals surface area (Å²) >= 11 is 0. The Morgan fingerprint density at radius 2 is 1.89 bits per heavy atom. The third-order valence-electron chi connectivity index (χ3n) is 3.42. The second-order valence-corrected chi connectivity index (χ2v) is 5.42. The molecule has 2 rings (SSSR count). The Morgan fingerprint density at radius 3 is 2.52 bits per heavy atom. The van der Waals surface area contributed by atoms with E-state index in [1.165, 1.54) is 24.5 Å². The van der Waals surface area contributed by atoms with E-state index in [-0.39, 0.29) is 53.9 Å². The summed E-state index contributed by atoms with van der Waals surface area (Å²) in [6.45, 7) is 0.135. The molecule has 0 aliphatic carbocycles. The third kappa shape index (κ3) is 7.70. The summed E-state index contributed by atoms with van der Waals surface area (Å²) in [5.41, 5.74) is 0.161. The van der Waals surface area contributed by atoms with Crippen LogP contribution in [0, 0.1) is 0 Å². The molecule has 9 heteroatoms. The molecule has 138 valence electrons. The zero-order valence-corrected chi connectivity index (χ0v) is 16.7. The molecule has 5 nitrogen and oxygen atoms in total. The Hall–Kier alpha value is -1.90. The summed E-state index contributed by atoms with van der Waals surface area (Å²) in [6.07, 6.45) is -0.755. The van der Waals surface area contributed by atoms with Crippen molar-refractivity contribution >= 4 is 11.7 Å². The van der Waals surface area contributed by atoms with Crippen molar-refractivity contribution in [2.45, 2.75) is 25.4 Å². The molecule has 1 heterocycles. The Kier molecular flexibility index (Phi) is 9.48. The molecule has 0 saturated heterocycles. The van der Waals surface area contributed by atoms with Crippen molar-refractivity contribution in [1.82, 2.24) is 4.98 Å². The zero-order chi connectivity index (χ0) is 19.0. The second kappa shape index (κ2) is 11.1. The summed E-state index contributed by atoms with van der Waals surface area (Å²) in [4.78, 5) is 19.5. The third-order valence-corrected chi connectivity index (χ3v) is 3.42. The van der Waals surface area contributed by atoms with Gasteiger partial charge in [0.25, 0.3) is 0 Å². The van der Waals surface area contributed by atoms with Gasteiger partial charge in [-0.3, -0.25) is 4.98 Å². The average molecular weight is 388 g/mol. The van der Waals surface area contributed by atoms with Crippen molar-refractivity contribution in [3.8, 4) is 0 Å². The fourth-order valence-corrected chi connectivity index (χ4v) is 2.16. The van der Waals surface area contributed by atoms with Crippen LogP contribution < -0.4 is 34.7 Å². The van der Waals surface area contributed by atoms with Crippen molar-refractivity contribution in [2.75, 3.05) is 6.61 Å². The number of carboxylic acids is 1. The van der Waals surface area contributed by atoms with Crippen LogP contribution in [0.15, 0.2) is 53.9 Å². The van der Waals surface area contributed by atoms with E-state index in [1.807, 2.05) is 0 Å². The molecule has 27 heavy (non-hydrogen) atoms. The minimum atomic E-state index is -4.47. The molecule has 0 saturated carbocycles. The molecule has 0 unspecified atom stereocenters. The van der Waals surface area contributed by atoms with Gasteiger partial charge in [-0.05, 0) is 43.5 Å². The number of alkyl halides is 3. The number of aliphatic carboxylic acids is 1. The second-order valence-electron chi connectivity index (χ2n) is 5.42. The molecule has 0 amide bonds. The smallest absolute Gasteiger partial charge is 0.550 e. The van der Waals surface area contributed by atoms with Crippen LogP contribution in [0.5, 0.6) is 0 Å². The van der Waals surface area contributed by atoms with Gasteiger partial charge in [0, 0.05) is 29.5 Å². The molecule has 0 N–H and O–H groups in total. The number of hydrogen-bond acceptors (Lipinski definition) is 5. The number of pyridine rings is 1. The molecule has 1 aromatic carbocycles. The Morgan fingerprint density at radius 1 is 1.15 bits per heavy atom. The van der Waals surface area contributed by atoms with Gasteiger partial charge in [-0.2, -0.15) is 13.2 Å². The molecule has 0 aliphatic heterocycles. The quantitative estimate of drug-likeness (QED) is 0.272. The maximum Gasteiger partial charge on any atom is 1.00 e. The first-order valence-electron chi connectivity index (χ1n) is 7.86. The average Bonchev–Trinajstić information content (AvgIpc) is 2.61. The van der Waals surface area contributed by atoms with E-state index >= 15 is 0 Å². The van der Waals surface area contributed by atoms with E-state index in [2.05, 4.69) is 10.1 Å². The summed E-state index contributed by atoms with van der Waals surface area (Å²) < 4.78 is 38.9. The summed E-state index contributed by atoms with van der Waals surface area (Å²) in [7, 11) is 0. The monoisotopic (exact) mass is 388 g/mol. The maximum atomic E-state index is 13.0. The largest absolute Gasteiger partial charge is 1.00 e. The van der Waals surface area contributed by atoms with Crippen molar-refractivity contribution < 1.29 is 57.5 Å². The van der Waals surface area contributed by atoms with E-state index in [0.717, 1.165) is 12.1 Å². The van der Waals surface area contributed by atoms with Gasteiger partial charge in [0.1, 0.15) is 12.3 Å². The van der Waals surface area contributed by atoms with Crippen LogP contribution in [0.2, 0.25) is 0 Å². The van der Waals surface area contributed by atoms with Crippen molar-refractivity contribution in [3.05, 3.63) is 65.5 Å². The first kappa shape index (κ1) is 23.1. The van der Waals surface area contributed by atoms with Gasteiger partial charge in [0.05, 0.1) is 5.56 Å². The summed E-state index contributed by atoms with van der Waals surface area (Å²) in [6, 6.07) is 8.06. The number of nitrogens with zero attached hydrogens (tertiary/aromatic N) is 2. The SMILES string of the molecule is O=C([O-])CCCCO/N=C(/c1cccnc1)c1cccc(C(F)(F)F)c1.[Na+]. The molecule has 0 bridgehead atoms. The van der Waals surface area contributed by atoms with Gasteiger partial charge in [-0.15, -0.1) is 0 Å². The van der Waals surface area contributed by atoms with E-state index < -0.39 is 17.7 Å². The summed E-state index contributed by atoms with van der Waals surface area (Å²) in [5.74, 6) is -1.14. The number of benzene rings is 1. The van der Waals surface area contributed by atoms with Gasteiger partial charge in [0.15, 0.2) is 0 Å². The van der Waals surface area contributed by atoms with Crippen molar-refractivity contribution in [3.63, 3.8) is 0 Å². The normalized spacial score (nSPS) is 11.6. The number of halogens is 3. The van der Waals surface area contributed by atoms with Gasteiger partial charge < -0.3 is 14.7 Å². The van der Waals surface area contributed by atoms with E-state index in [0.29, 0.717) is 18.4 Å². The van der Waals surface area contributed by atoms with Crippen molar-refractivity contribution in [2.24, 2.45) is 5.16 Å². The topological polar surface area (TPSA) is 74.6 Å². The molecule has 0 radical (unpaired) electrons. The van der Waals surface area contributed by atoms with E-state index in [1.54, 1.807) is 12.1 Å². The van der Waals surface area contributed by atoms with Crippen LogP contribution in [0.1, 0.15) is 36.0 Å². The predicted molar refractivity (Wildman–Crippen MR) is 86.1 cm³/mol. The molecule has 0 spiro atoms. The number of carbonyl (C=O) groups excluding carboxylic acids is 1. The van der Waals surface area contributed by atoms with Crippen LogP contribution in [-0.4, -0.2) is 23.3 Å². The first-order chi connectivity index (χ1) is 12.4. The molecule has 2 aromatic rings. The maximum absolute atomic E-state index is 13.0. The summed E-state index contributed by atoms with van der Waals surface area (Å²) in [5, 5.41) is 14.3. The van der Waals surface area contributed by atoms with Crippen LogP contribution in [0.3, 0.4) is 0 Å². The number of carbonyl (C=O) groups is 1. The van der Waals surface area contributed by atoms with Crippen molar-refractivity contribution in [1.29, 1.82) is 0 Å². The number of aromatic nitrogens is 1. The molecular weight excluding hydrogens is 372 g/mol. The van der Waals surface area contributed by atoms with Crippen LogP contribution in [0.4, 0.5) is 13.2 Å². The predicted octanol–water partition coefficient (Wildman–Crippen LogP) is -0.206. The van der Waals surface area contributed by atoms with E-state index in [4.69, 9.17) is 4.84 Å². The minimum absolute atomic E-state index is 0. The fraction of sp³-hybridized carbons (Fsp3) is 0.278. The zero-order valence-electron chi connectivity index (χ0n) is 14.7. The Labute approximate surface area is 176 Å². The molecule has 0 atom stereocenters. The van der Waals surface area contributed by atoms with Gasteiger partial charge >= 0.3 is 35.7 Å². The first-order valence-corrected chi connectivity index (χ1v) is 7.86. The molecule has 1 aromatic heterocycles. The number of oxime groups is 1. The fourth-order valence-electron chi connectivity index (χ4n) is 2.16. The molecule has 0 aliphatic rings. The number of unbranched alkanes of at least 4 members (excludes halogenated alkanes) is 1. The molecule has 0 fully saturated rings. The Bertz CT molecular complexity index is 768. The standard InChI is InChI=1S/C18H17F3N2O3.Na/c19-18(20,21)15-7-3-5-13(11-15)17(14-6-4-9-22-12-14)23-26-10-2-1-8-16(24)25;/h3-7,9,11-12H,1-2,8,10H2,(H,24,25);/q;+1/p-1/b23-17+;. The number of carboxylic acid groups (broad SMARTS) is 1. The molecular formula is C18H16F3N2NaO3. The van der Waals surface area contributed by atoms with Gasteiger partial charge in [-0.25, -0.2) is 0 Å². The van der Waals surface area contributed by atoms with Crippen LogP contribution in [-0.2, 0) is 15.8 Å².